The summed E-state index contributed by atoms with van der Waals surface area (Å²) in [5.41, 5.74) is 0. The lowest BCUT2D eigenvalue weighted by atomic mass is 9.79. The lowest BCUT2D eigenvalue weighted by Crippen LogP contribution is -2.56. The van der Waals surface area contributed by atoms with E-state index in [1.165, 1.54) is 0 Å². The van der Waals surface area contributed by atoms with Gasteiger partial charge in [0.2, 0.25) is 0 Å². The Balaban J connectivity index is 3.49. The van der Waals surface area contributed by atoms with Crippen LogP contribution in [0.1, 0.15) is 34.1 Å². The summed E-state index contributed by atoms with van der Waals surface area (Å²) in [7, 11) is 0. The van der Waals surface area contributed by atoms with Crippen LogP contribution in [0.15, 0.2) is 0 Å². The maximum Gasteiger partial charge on any atom is 0.320 e. The highest BCUT2D eigenvalue weighted by atomic mass is 17.1. The van der Waals surface area contributed by atoms with Gasteiger partial charge in [-0.25, -0.2) is 9.78 Å². The minimum atomic E-state index is -1.03. The molecule has 1 fully saturated rings. The van der Waals surface area contributed by atoms with Crippen molar-refractivity contribution >= 4 is 11.9 Å². The quantitative estimate of drug-likeness (QED) is 0.147. The molecule has 13 heteroatoms. The Bertz CT molecular complexity index is 658. The van der Waals surface area contributed by atoms with Crippen LogP contribution in [0.4, 0.5) is 0 Å². The van der Waals surface area contributed by atoms with Crippen LogP contribution in [0.2, 0.25) is 0 Å². The monoisotopic (exact) mass is 523 g/mol. The molecule has 7 atom stereocenters. The van der Waals surface area contributed by atoms with Crippen molar-refractivity contribution < 1.29 is 50.3 Å². The Morgan fingerprint density at radius 1 is 0.833 bits per heavy atom. The van der Waals surface area contributed by atoms with Gasteiger partial charge in [0.1, 0.15) is 6.04 Å². The highest BCUT2D eigenvalue weighted by Crippen LogP contribution is 2.29. The lowest BCUT2D eigenvalue weighted by Gasteiger charge is -2.43. The molecule has 1 heterocycles. The first-order chi connectivity index (χ1) is 17.0. The SMILES string of the molecule is CC(C(=O)O)C1CCN(C(C)COO)C(CO)CN(C(C)COO)CCN(C(C)C(=O)O)CC1CO. The standard InChI is InChI=1S/C23H45N3O10/c1-15(13-35-33)24-7-8-25(18(4)23(31)32)9-19(11-27)21(17(3)22(29)30)5-6-26(16(2)14-36-34)20(10-24)12-28/h15-21,27-28,33-34H,5-14H2,1-4H3,(H,29,30)(H,31,32). The van der Waals surface area contributed by atoms with E-state index in [1.54, 1.807) is 18.7 Å². The number of aliphatic hydroxyl groups excluding tert-OH is 2. The van der Waals surface area contributed by atoms with E-state index in [-0.39, 0.29) is 45.1 Å². The number of nitrogens with zero attached hydrogens (tertiary/aromatic N) is 3. The van der Waals surface area contributed by atoms with Crippen molar-refractivity contribution in [3.63, 3.8) is 0 Å². The maximum atomic E-state index is 11.9. The van der Waals surface area contributed by atoms with Crippen molar-refractivity contribution in [1.82, 2.24) is 14.7 Å². The van der Waals surface area contributed by atoms with Crippen LogP contribution in [0.25, 0.3) is 0 Å². The molecule has 0 bridgehead atoms. The first kappa shape index (κ1) is 32.6. The van der Waals surface area contributed by atoms with Crippen LogP contribution in [0, 0.1) is 17.8 Å². The van der Waals surface area contributed by atoms with Crippen LogP contribution >= 0.6 is 0 Å². The third-order valence-corrected chi connectivity index (χ3v) is 7.59. The molecule has 0 aromatic carbocycles. The second-order valence-corrected chi connectivity index (χ2v) is 9.89. The number of hydrogen-bond donors (Lipinski definition) is 6. The van der Waals surface area contributed by atoms with E-state index in [1.807, 2.05) is 23.6 Å². The molecule has 13 nitrogen and oxygen atoms in total. The normalized spacial score (nSPS) is 27.4. The van der Waals surface area contributed by atoms with E-state index in [9.17, 15) is 30.0 Å². The Hall–Kier alpha value is -1.42. The number of carboxylic acids is 2. The minimum absolute atomic E-state index is 0.000593. The fraction of sp³-hybridized carbons (Fsp3) is 0.913. The summed E-state index contributed by atoms with van der Waals surface area (Å²) in [6.07, 6.45) is 0.357. The molecule has 212 valence electrons. The fourth-order valence-corrected chi connectivity index (χ4v) is 5.07. The first-order valence-electron chi connectivity index (χ1n) is 12.5. The predicted octanol–water partition coefficient (Wildman–Crippen LogP) is -0.168. The Morgan fingerprint density at radius 2 is 1.42 bits per heavy atom. The van der Waals surface area contributed by atoms with Gasteiger partial charge < -0.3 is 20.4 Å². The van der Waals surface area contributed by atoms with Crippen LogP contribution in [-0.2, 0) is 19.4 Å². The zero-order valence-corrected chi connectivity index (χ0v) is 21.8. The molecule has 0 amide bonds. The van der Waals surface area contributed by atoms with E-state index in [0.29, 0.717) is 32.6 Å². The van der Waals surface area contributed by atoms with Crippen LogP contribution in [0.5, 0.6) is 0 Å². The fourth-order valence-electron chi connectivity index (χ4n) is 5.07. The molecular weight excluding hydrogens is 478 g/mol. The van der Waals surface area contributed by atoms with Crippen molar-refractivity contribution in [2.24, 2.45) is 17.8 Å². The maximum absolute atomic E-state index is 11.9. The molecule has 0 spiro atoms. The summed E-state index contributed by atoms with van der Waals surface area (Å²) >= 11 is 0. The number of aliphatic hydroxyl groups is 2. The van der Waals surface area contributed by atoms with Gasteiger partial charge in [-0.05, 0) is 45.6 Å². The molecule has 0 aliphatic carbocycles. The van der Waals surface area contributed by atoms with E-state index in [0.717, 1.165) is 0 Å². The molecule has 0 aromatic heterocycles. The van der Waals surface area contributed by atoms with Crippen LogP contribution < -0.4 is 0 Å². The third-order valence-electron chi connectivity index (χ3n) is 7.59. The minimum Gasteiger partial charge on any atom is -0.481 e. The summed E-state index contributed by atoms with van der Waals surface area (Å²) < 4.78 is 0. The summed E-state index contributed by atoms with van der Waals surface area (Å²) in [4.78, 5) is 38.2. The molecular formula is C23H45N3O10. The first-order valence-corrected chi connectivity index (χ1v) is 12.5. The Morgan fingerprint density at radius 3 is 1.92 bits per heavy atom. The second kappa shape index (κ2) is 16.4. The molecule has 7 unspecified atom stereocenters. The summed E-state index contributed by atoms with van der Waals surface area (Å²) in [5, 5.41) is 58.1. The molecule has 1 saturated heterocycles. The van der Waals surface area contributed by atoms with Crippen molar-refractivity contribution in [2.45, 2.75) is 58.3 Å². The molecule has 1 aliphatic rings. The van der Waals surface area contributed by atoms with E-state index < -0.39 is 41.8 Å². The van der Waals surface area contributed by atoms with E-state index >= 15 is 0 Å². The average Bonchev–Trinajstić information content (AvgIpc) is 2.83. The number of carboxylic acid groups (broad SMARTS) is 2. The largest absolute Gasteiger partial charge is 0.481 e. The molecule has 1 rings (SSSR count). The third kappa shape index (κ3) is 9.47. The van der Waals surface area contributed by atoms with Crippen LogP contribution in [-0.4, -0.2) is 141 Å². The van der Waals surface area contributed by atoms with Crippen molar-refractivity contribution in [3.8, 4) is 0 Å². The van der Waals surface area contributed by atoms with Gasteiger partial charge in [0.25, 0.3) is 0 Å². The smallest absolute Gasteiger partial charge is 0.320 e. The second-order valence-electron chi connectivity index (χ2n) is 9.89. The Labute approximate surface area is 212 Å². The van der Waals surface area contributed by atoms with Gasteiger partial charge in [-0.1, -0.05) is 6.92 Å². The van der Waals surface area contributed by atoms with E-state index in [2.05, 4.69) is 9.78 Å². The van der Waals surface area contributed by atoms with Gasteiger partial charge in [0.05, 0.1) is 25.7 Å². The van der Waals surface area contributed by atoms with Gasteiger partial charge in [-0.15, -0.1) is 0 Å². The zero-order chi connectivity index (χ0) is 27.4. The van der Waals surface area contributed by atoms with Gasteiger partial charge in [-0.3, -0.25) is 34.8 Å². The van der Waals surface area contributed by atoms with E-state index in [4.69, 9.17) is 10.5 Å². The molecule has 0 radical (unpaired) electrons. The lowest BCUT2D eigenvalue weighted by molar-refractivity contribution is -0.254. The molecule has 1 aliphatic heterocycles. The number of hydrogen-bond acceptors (Lipinski definition) is 11. The highest BCUT2D eigenvalue weighted by Gasteiger charge is 2.36. The van der Waals surface area contributed by atoms with Crippen LogP contribution in [0.3, 0.4) is 0 Å². The highest BCUT2D eigenvalue weighted by molar-refractivity contribution is 5.73. The molecule has 0 aromatic rings. The number of carbonyl (C=O) groups is 2. The number of rotatable bonds is 12. The zero-order valence-electron chi connectivity index (χ0n) is 21.8. The predicted molar refractivity (Wildman–Crippen MR) is 129 cm³/mol. The number of aliphatic carboxylic acids is 2. The molecule has 6 N–H and O–H groups in total. The van der Waals surface area contributed by atoms with Gasteiger partial charge >= 0.3 is 11.9 Å². The van der Waals surface area contributed by atoms with Gasteiger partial charge in [0, 0.05) is 50.9 Å². The van der Waals surface area contributed by atoms with Crippen molar-refractivity contribution in [3.05, 3.63) is 0 Å². The van der Waals surface area contributed by atoms with Crippen molar-refractivity contribution in [2.75, 3.05) is 59.2 Å². The topological polar surface area (TPSA) is 184 Å². The molecule has 0 saturated carbocycles. The Kier molecular flexibility index (Phi) is 14.9. The summed E-state index contributed by atoms with van der Waals surface area (Å²) in [6.45, 7) is 7.75. The average molecular weight is 524 g/mol. The van der Waals surface area contributed by atoms with Crippen molar-refractivity contribution in [1.29, 1.82) is 0 Å². The summed E-state index contributed by atoms with van der Waals surface area (Å²) in [6, 6.07) is -1.90. The summed E-state index contributed by atoms with van der Waals surface area (Å²) in [5.74, 6) is -3.83. The molecule has 36 heavy (non-hydrogen) atoms. The van der Waals surface area contributed by atoms with Gasteiger partial charge in [0.15, 0.2) is 0 Å². The van der Waals surface area contributed by atoms with Gasteiger partial charge in [-0.2, -0.15) is 0 Å².